The molecule has 0 aliphatic heterocycles. The number of ether oxygens (including phenoxy) is 1. The summed E-state index contributed by atoms with van der Waals surface area (Å²) in [5.74, 6) is -0.781. The van der Waals surface area contributed by atoms with E-state index in [0.717, 1.165) is 0 Å². The summed E-state index contributed by atoms with van der Waals surface area (Å²) < 4.78 is 5.00. The summed E-state index contributed by atoms with van der Waals surface area (Å²) in [6.07, 6.45) is 0.470. The second kappa shape index (κ2) is 7.25. The van der Waals surface area contributed by atoms with E-state index in [-0.39, 0.29) is 6.54 Å². The Morgan fingerprint density at radius 2 is 1.95 bits per heavy atom. The molecule has 0 aromatic heterocycles. The maximum Gasteiger partial charge on any atom is 0.319 e. The Morgan fingerprint density at radius 1 is 1.32 bits per heavy atom. The molecule has 19 heavy (non-hydrogen) atoms. The van der Waals surface area contributed by atoms with Gasteiger partial charge in [0, 0.05) is 12.2 Å². The largest absolute Gasteiger partial charge is 0.497 e. The molecule has 1 aromatic carbocycles. The van der Waals surface area contributed by atoms with Crippen LogP contribution in [0.1, 0.15) is 13.3 Å². The number of aliphatic carboxylic acids is 1. The maximum atomic E-state index is 11.6. The van der Waals surface area contributed by atoms with E-state index in [0.29, 0.717) is 17.9 Å². The van der Waals surface area contributed by atoms with Gasteiger partial charge in [-0.2, -0.15) is 0 Å². The number of carbonyl (C=O) groups excluding carboxylic acids is 1. The fourth-order valence-electron chi connectivity index (χ4n) is 1.47. The van der Waals surface area contributed by atoms with E-state index in [1.54, 1.807) is 38.3 Å². The summed E-state index contributed by atoms with van der Waals surface area (Å²) in [7, 11) is 1.56. The van der Waals surface area contributed by atoms with E-state index < -0.39 is 17.9 Å². The van der Waals surface area contributed by atoms with Crippen LogP contribution in [0.25, 0.3) is 0 Å². The maximum absolute atomic E-state index is 11.6. The predicted octanol–water partition coefficient (Wildman–Crippen LogP) is 1.93. The van der Waals surface area contributed by atoms with Crippen LogP contribution in [0.2, 0.25) is 0 Å². The van der Waals surface area contributed by atoms with Crippen molar-refractivity contribution in [3.05, 3.63) is 24.3 Å². The van der Waals surface area contributed by atoms with Crippen LogP contribution in [0, 0.1) is 5.92 Å². The lowest BCUT2D eigenvalue weighted by Gasteiger charge is -2.12. The van der Waals surface area contributed by atoms with Gasteiger partial charge in [-0.3, -0.25) is 4.79 Å². The van der Waals surface area contributed by atoms with Crippen LogP contribution in [0.4, 0.5) is 10.5 Å². The minimum atomic E-state index is -0.910. The topological polar surface area (TPSA) is 87.7 Å². The molecule has 0 bridgehead atoms. The molecule has 0 saturated heterocycles. The molecule has 6 nitrogen and oxygen atoms in total. The first-order chi connectivity index (χ1) is 9.06. The van der Waals surface area contributed by atoms with Crippen molar-refractivity contribution in [1.82, 2.24) is 5.32 Å². The Labute approximate surface area is 111 Å². The molecule has 1 rings (SSSR count). The number of amides is 2. The second-order valence-corrected chi connectivity index (χ2v) is 4.01. The minimum Gasteiger partial charge on any atom is -0.497 e. The van der Waals surface area contributed by atoms with Crippen molar-refractivity contribution in [3.63, 3.8) is 0 Å². The highest BCUT2D eigenvalue weighted by Crippen LogP contribution is 2.14. The molecule has 0 aliphatic carbocycles. The molecule has 1 atom stereocenters. The van der Waals surface area contributed by atoms with Gasteiger partial charge in [0.05, 0.1) is 13.0 Å². The Kier molecular flexibility index (Phi) is 5.66. The molecule has 0 aliphatic rings. The first-order valence-electron chi connectivity index (χ1n) is 5.98. The van der Waals surface area contributed by atoms with Crippen LogP contribution in [0.5, 0.6) is 5.75 Å². The van der Waals surface area contributed by atoms with Crippen molar-refractivity contribution in [2.75, 3.05) is 19.0 Å². The van der Waals surface area contributed by atoms with Crippen molar-refractivity contribution in [2.45, 2.75) is 13.3 Å². The highest BCUT2D eigenvalue weighted by molar-refractivity contribution is 5.89. The third kappa shape index (κ3) is 4.87. The lowest BCUT2D eigenvalue weighted by atomic mass is 10.1. The molecular weight excluding hydrogens is 248 g/mol. The normalized spacial score (nSPS) is 11.5. The minimum absolute atomic E-state index is 0.105. The monoisotopic (exact) mass is 266 g/mol. The molecule has 104 valence electrons. The quantitative estimate of drug-likeness (QED) is 0.734. The number of carboxylic acids is 1. The molecule has 0 fully saturated rings. The van der Waals surface area contributed by atoms with E-state index in [1.165, 1.54) is 0 Å². The first kappa shape index (κ1) is 14.8. The van der Waals surface area contributed by atoms with Crippen LogP contribution in [0.15, 0.2) is 24.3 Å². The molecule has 6 heteroatoms. The smallest absolute Gasteiger partial charge is 0.319 e. The van der Waals surface area contributed by atoms with E-state index >= 15 is 0 Å². The third-order valence-electron chi connectivity index (χ3n) is 2.70. The van der Waals surface area contributed by atoms with Gasteiger partial charge >= 0.3 is 12.0 Å². The number of carboxylic acid groups (broad SMARTS) is 1. The van der Waals surface area contributed by atoms with Gasteiger partial charge < -0.3 is 20.5 Å². The number of hydrogen-bond acceptors (Lipinski definition) is 3. The van der Waals surface area contributed by atoms with Crippen LogP contribution in [0.3, 0.4) is 0 Å². The average molecular weight is 266 g/mol. The Morgan fingerprint density at radius 3 is 2.42 bits per heavy atom. The van der Waals surface area contributed by atoms with Crippen molar-refractivity contribution >= 4 is 17.7 Å². The van der Waals surface area contributed by atoms with Crippen LogP contribution < -0.4 is 15.4 Å². The van der Waals surface area contributed by atoms with Crippen LogP contribution in [-0.4, -0.2) is 30.8 Å². The summed E-state index contributed by atoms with van der Waals surface area (Å²) in [6, 6.07) is 6.42. The molecule has 0 saturated carbocycles. The number of nitrogens with one attached hydrogen (secondary N) is 2. The number of carbonyl (C=O) groups is 2. The van der Waals surface area contributed by atoms with E-state index in [4.69, 9.17) is 9.84 Å². The number of methoxy groups -OCH3 is 1. The highest BCUT2D eigenvalue weighted by atomic mass is 16.5. The molecular formula is C13H18N2O4. The molecule has 1 unspecified atom stereocenters. The van der Waals surface area contributed by atoms with Crippen LogP contribution in [-0.2, 0) is 4.79 Å². The van der Waals surface area contributed by atoms with Gasteiger partial charge in [-0.05, 0) is 30.7 Å². The van der Waals surface area contributed by atoms with Gasteiger partial charge in [0.25, 0.3) is 0 Å². The summed E-state index contributed by atoms with van der Waals surface area (Å²) in [5, 5.41) is 14.0. The number of urea groups is 1. The summed E-state index contributed by atoms with van der Waals surface area (Å²) in [5.41, 5.74) is 0.613. The molecule has 2 amide bonds. The van der Waals surface area contributed by atoms with Crippen LogP contribution >= 0.6 is 0 Å². The lowest BCUT2D eigenvalue weighted by molar-refractivity contribution is -0.141. The third-order valence-corrected chi connectivity index (χ3v) is 2.70. The first-order valence-corrected chi connectivity index (χ1v) is 5.98. The average Bonchev–Trinajstić information content (AvgIpc) is 2.40. The molecule has 0 heterocycles. The Balaban J connectivity index is 2.44. The fourth-order valence-corrected chi connectivity index (χ4v) is 1.47. The Hall–Kier alpha value is -2.24. The molecule has 1 aromatic rings. The van der Waals surface area contributed by atoms with Gasteiger partial charge in [-0.15, -0.1) is 0 Å². The number of rotatable bonds is 6. The second-order valence-electron chi connectivity index (χ2n) is 4.01. The van der Waals surface area contributed by atoms with Gasteiger partial charge in [-0.1, -0.05) is 6.92 Å². The van der Waals surface area contributed by atoms with Crippen molar-refractivity contribution in [2.24, 2.45) is 5.92 Å². The Bertz CT molecular complexity index is 431. The molecule has 3 N–H and O–H groups in total. The van der Waals surface area contributed by atoms with Crippen molar-refractivity contribution in [1.29, 1.82) is 0 Å². The van der Waals surface area contributed by atoms with Gasteiger partial charge in [0.1, 0.15) is 5.75 Å². The zero-order chi connectivity index (χ0) is 14.3. The van der Waals surface area contributed by atoms with E-state index in [1.807, 2.05) is 0 Å². The fraction of sp³-hybridized carbons (Fsp3) is 0.385. The lowest BCUT2D eigenvalue weighted by Crippen LogP contribution is -2.35. The zero-order valence-electron chi connectivity index (χ0n) is 11.0. The molecule has 0 spiro atoms. The number of anilines is 1. The van der Waals surface area contributed by atoms with E-state index in [2.05, 4.69) is 10.6 Å². The molecule has 0 radical (unpaired) electrons. The number of benzene rings is 1. The van der Waals surface area contributed by atoms with E-state index in [9.17, 15) is 9.59 Å². The summed E-state index contributed by atoms with van der Waals surface area (Å²) >= 11 is 0. The van der Waals surface area contributed by atoms with Gasteiger partial charge in [0.15, 0.2) is 0 Å². The number of hydrogen-bond donors (Lipinski definition) is 3. The standard InChI is InChI=1S/C13H18N2O4/c1-3-9(12(16)17)8-14-13(18)15-10-4-6-11(19-2)7-5-10/h4-7,9H,3,8H2,1-2H3,(H,16,17)(H2,14,15,18). The summed E-state index contributed by atoms with van der Waals surface area (Å²) in [4.78, 5) is 22.3. The van der Waals surface area contributed by atoms with Gasteiger partial charge in [0.2, 0.25) is 0 Å². The summed E-state index contributed by atoms with van der Waals surface area (Å²) in [6.45, 7) is 1.87. The SMILES string of the molecule is CCC(CNC(=O)Nc1ccc(OC)cc1)C(=O)O. The van der Waals surface area contributed by atoms with Gasteiger partial charge in [-0.25, -0.2) is 4.79 Å². The zero-order valence-corrected chi connectivity index (χ0v) is 11.0. The van der Waals surface area contributed by atoms with Crippen molar-refractivity contribution in [3.8, 4) is 5.75 Å². The van der Waals surface area contributed by atoms with Crippen molar-refractivity contribution < 1.29 is 19.4 Å². The predicted molar refractivity (Wildman–Crippen MR) is 71.4 cm³/mol. The highest BCUT2D eigenvalue weighted by Gasteiger charge is 2.15.